The Kier molecular flexibility index (Phi) is 5.74. The lowest BCUT2D eigenvalue weighted by Crippen LogP contribution is -2.13. The van der Waals surface area contributed by atoms with Crippen LogP contribution in [0.1, 0.15) is 22.8 Å². The molecule has 4 aromatic rings. The van der Waals surface area contributed by atoms with Crippen molar-refractivity contribution in [2.24, 2.45) is 0 Å². The van der Waals surface area contributed by atoms with Gasteiger partial charge in [0.05, 0.1) is 16.8 Å². The fraction of sp³-hybridized carbons (Fsp3) is 0.136. The molecule has 0 aliphatic carbocycles. The Morgan fingerprint density at radius 1 is 1.10 bits per heavy atom. The second-order valence-corrected chi connectivity index (χ2v) is 7.94. The molecule has 0 unspecified atom stereocenters. The summed E-state index contributed by atoms with van der Waals surface area (Å²) in [5, 5.41) is 12.7. The standard InChI is InChI=1S/C22H18BrClN4O2/c1-3-30-21-9-4-14(11-17(21)23)22(29)25-18-12-20-19(10-13(18)2)26-28(27-20)16-7-5-15(24)6-8-16/h4-12H,3H2,1-2H3,(H,25,29). The Hall–Kier alpha value is -2.90. The third-order valence-electron chi connectivity index (χ3n) is 4.53. The van der Waals surface area contributed by atoms with Gasteiger partial charge in [0.2, 0.25) is 0 Å². The van der Waals surface area contributed by atoms with Crippen molar-refractivity contribution in [3.8, 4) is 11.4 Å². The topological polar surface area (TPSA) is 69.0 Å². The molecular formula is C22H18BrClN4O2. The van der Waals surface area contributed by atoms with Gasteiger partial charge >= 0.3 is 0 Å². The van der Waals surface area contributed by atoms with Crippen LogP contribution in [0.2, 0.25) is 5.02 Å². The first-order valence-corrected chi connectivity index (χ1v) is 10.5. The highest BCUT2D eigenvalue weighted by atomic mass is 79.9. The minimum atomic E-state index is -0.216. The highest BCUT2D eigenvalue weighted by Gasteiger charge is 2.13. The van der Waals surface area contributed by atoms with Crippen LogP contribution < -0.4 is 10.1 Å². The van der Waals surface area contributed by atoms with E-state index in [9.17, 15) is 4.79 Å². The maximum atomic E-state index is 12.8. The molecule has 3 aromatic carbocycles. The lowest BCUT2D eigenvalue weighted by Gasteiger charge is -2.10. The van der Waals surface area contributed by atoms with Crippen LogP contribution in [-0.4, -0.2) is 27.5 Å². The number of fused-ring (bicyclic) bond motifs is 1. The molecule has 30 heavy (non-hydrogen) atoms. The normalized spacial score (nSPS) is 10.9. The zero-order valence-electron chi connectivity index (χ0n) is 16.3. The molecule has 0 bridgehead atoms. The van der Waals surface area contributed by atoms with Crippen molar-refractivity contribution in [1.82, 2.24) is 15.0 Å². The number of carbonyl (C=O) groups excluding carboxylic acids is 1. The molecule has 1 aromatic heterocycles. The first-order chi connectivity index (χ1) is 14.4. The summed E-state index contributed by atoms with van der Waals surface area (Å²) in [5.41, 5.74) is 4.32. The molecular weight excluding hydrogens is 468 g/mol. The van der Waals surface area contributed by atoms with E-state index in [1.165, 1.54) is 0 Å². The molecule has 0 aliphatic rings. The summed E-state index contributed by atoms with van der Waals surface area (Å²) in [4.78, 5) is 14.3. The van der Waals surface area contributed by atoms with Gasteiger partial charge in [-0.1, -0.05) is 11.6 Å². The highest BCUT2D eigenvalue weighted by molar-refractivity contribution is 9.10. The number of rotatable bonds is 5. The lowest BCUT2D eigenvalue weighted by atomic mass is 10.1. The fourth-order valence-corrected chi connectivity index (χ4v) is 3.62. The van der Waals surface area contributed by atoms with E-state index in [4.69, 9.17) is 16.3 Å². The van der Waals surface area contributed by atoms with Gasteiger partial charge in [-0.25, -0.2) is 0 Å². The SMILES string of the molecule is CCOc1ccc(C(=O)Nc2cc3nn(-c4ccc(Cl)cc4)nc3cc2C)cc1Br. The number of amides is 1. The van der Waals surface area contributed by atoms with E-state index in [2.05, 4.69) is 31.4 Å². The maximum Gasteiger partial charge on any atom is 0.255 e. The van der Waals surface area contributed by atoms with E-state index in [1.807, 2.05) is 38.1 Å². The zero-order chi connectivity index (χ0) is 21.3. The van der Waals surface area contributed by atoms with Gasteiger partial charge in [-0.3, -0.25) is 4.79 Å². The molecule has 152 valence electrons. The van der Waals surface area contributed by atoms with Crippen LogP contribution in [0.5, 0.6) is 5.75 Å². The van der Waals surface area contributed by atoms with Crippen LogP contribution in [0, 0.1) is 6.92 Å². The van der Waals surface area contributed by atoms with Crippen molar-refractivity contribution in [3.05, 3.63) is 75.2 Å². The largest absolute Gasteiger partial charge is 0.493 e. The Morgan fingerprint density at radius 3 is 2.47 bits per heavy atom. The number of anilines is 1. The minimum Gasteiger partial charge on any atom is -0.493 e. The molecule has 0 atom stereocenters. The first-order valence-electron chi connectivity index (χ1n) is 9.32. The van der Waals surface area contributed by atoms with Crippen molar-refractivity contribution < 1.29 is 9.53 Å². The van der Waals surface area contributed by atoms with Gasteiger partial charge in [0, 0.05) is 16.3 Å². The summed E-state index contributed by atoms with van der Waals surface area (Å²) in [5.74, 6) is 0.483. The number of ether oxygens (including phenoxy) is 1. The van der Waals surface area contributed by atoms with Crippen molar-refractivity contribution >= 4 is 50.2 Å². The molecule has 4 rings (SSSR count). The molecule has 0 aliphatic heterocycles. The van der Waals surface area contributed by atoms with E-state index >= 15 is 0 Å². The number of hydrogen-bond donors (Lipinski definition) is 1. The third kappa shape index (κ3) is 4.17. The van der Waals surface area contributed by atoms with Gasteiger partial charge < -0.3 is 10.1 Å². The minimum absolute atomic E-state index is 0.216. The second kappa shape index (κ2) is 8.45. The Morgan fingerprint density at radius 2 is 1.80 bits per heavy atom. The monoisotopic (exact) mass is 484 g/mol. The van der Waals surface area contributed by atoms with Crippen molar-refractivity contribution in [2.45, 2.75) is 13.8 Å². The Bertz CT molecular complexity index is 1240. The first kappa shape index (κ1) is 20.4. The summed E-state index contributed by atoms with van der Waals surface area (Å²) in [7, 11) is 0. The summed E-state index contributed by atoms with van der Waals surface area (Å²) in [6, 6.07) is 16.2. The Labute approximate surface area is 186 Å². The van der Waals surface area contributed by atoms with Gasteiger partial charge in [-0.15, -0.1) is 10.2 Å². The van der Waals surface area contributed by atoms with E-state index in [-0.39, 0.29) is 5.91 Å². The predicted octanol–water partition coefficient (Wildman–Crippen LogP) is 5.80. The highest BCUT2D eigenvalue weighted by Crippen LogP contribution is 2.27. The number of halogens is 2. The summed E-state index contributed by atoms with van der Waals surface area (Å²) in [6.07, 6.45) is 0. The number of nitrogens with one attached hydrogen (secondary N) is 1. The van der Waals surface area contributed by atoms with E-state index in [0.29, 0.717) is 34.1 Å². The number of nitrogens with zero attached hydrogens (tertiary/aromatic N) is 3. The van der Waals surface area contributed by atoms with Gasteiger partial charge in [-0.05, 0) is 89.9 Å². The summed E-state index contributed by atoms with van der Waals surface area (Å²) in [6.45, 7) is 4.39. The number of benzene rings is 3. The quantitative estimate of drug-likeness (QED) is 0.388. The number of aryl methyl sites for hydroxylation is 1. The summed E-state index contributed by atoms with van der Waals surface area (Å²) >= 11 is 9.40. The summed E-state index contributed by atoms with van der Waals surface area (Å²) < 4.78 is 6.23. The van der Waals surface area contributed by atoms with Crippen LogP contribution in [0.4, 0.5) is 5.69 Å². The molecule has 0 saturated carbocycles. The van der Waals surface area contributed by atoms with Gasteiger partial charge in [-0.2, -0.15) is 4.80 Å². The van der Waals surface area contributed by atoms with E-state index in [1.54, 1.807) is 35.1 Å². The van der Waals surface area contributed by atoms with Crippen molar-refractivity contribution in [1.29, 1.82) is 0 Å². The Balaban J connectivity index is 1.61. The van der Waals surface area contributed by atoms with Gasteiger partial charge in [0.25, 0.3) is 5.91 Å². The molecule has 0 fully saturated rings. The van der Waals surface area contributed by atoms with Crippen LogP contribution in [0.15, 0.2) is 59.1 Å². The van der Waals surface area contributed by atoms with Gasteiger partial charge in [0.15, 0.2) is 0 Å². The zero-order valence-corrected chi connectivity index (χ0v) is 18.7. The molecule has 1 amide bonds. The number of carbonyl (C=O) groups is 1. The average molecular weight is 486 g/mol. The maximum absolute atomic E-state index is 12.8. The molecule has 0 spiro atoms. The van der Waals surface area contributed by atoms with E-state index < -0.39 is 0 Å². The lowest BCUT2D eigenvalue weighted by molar-refractivity contribution is 0.102. The third-order valence-corrected chi connectivity index (χ3v) is 5.40. The number of hydrogen-bond acceptors (Lipinski definition) is 4. The molecule has 1 N–H and O–H groups in total. The van der Waals surface area contributed by atoms with Crippen LogP contribution in [0.3, 0.4) is 0 Å². The van der Waals surface area contributed by atoms with Crippen LogP contribution in [-0.2, 0) is 0 Å². The van der Waals surface area contributed by atoms with E-state index in [0.717, 1.165) is 21.2 Å². The second-order valence-electron chi connectivity index (χ2n) is 6.65. The van der Waals surface area contributed by atoms with Crippen LogP contribution in [0.25, 0.3) is 16.7 Å². The van der Waals surface area contributed by atoms with Crippen molar-refractivity contribution in [2.75, 3.05) is 11.9 Å². The van der Waals surface area contributed by atoms with Gasteiger partial charge in [0.1, 0.15) is 16.8 Å². The molecule has 6 nitrogen and oxygen atoms in total. The number of aromatic nitrogens is 3. The van der Waals surface area contributed by atoms with Crippen LogP contribution >= 0.6 is 27.5 Å². The average Bonchev–Trinajstić information content (AvgIpc) is 3.13. The molecule has 0 saturated heterocycles. The fourth-order valence-electron chi connectivity index (χ4n) is 3.00. The molecule has 8 heteroatoms. The smallest absolute Gasteiger partial charge is 0.255 e. The predicted molar refractivity (Wildman–Crippen MR) is 122 cm³/mol. The molecule has 1 heterocycles. The van der Waals surface area contributed by atoms with Crippen molar-refractivity contribution in [3.63, 3.8) is 0 Å². The molecule has 0 radical (unpaired) electrons.